The van der Waals surface area contributed by atoms with Crippen molar-refractivity contribution in [3.05, 3.63) is 30.1 Å². The number of aromatic nitrogens is 2. The molecule has 0 saturated carbocycles. The lowest BCUT2D eigenvalue weighted by Crippen LogP contribution is -2.30. The quantitative estimate of drug-likeness (QED) is 0.868. The molecule has 2 heterocycles. The zero-order valence-electron chi connectivity index (χ0n) is 12.7. The van der Waals surface area contributed by atoms with Crippen molar-refractivity contribution in [1.82, 2.24) is 10.1 Å². The van der Waals surface area contributed by atoms with Crippen molar-refractivity contribution in [3.8, 4) is 11.4 Å². The predicted molar refractivity (Wildman–Crippen MR) is 81.1 cm³/mol. The number of hydrogen-bond donors (Lipinski definition) is 0. The van der Waals surface area contributed by atoms with E-state index in [0.717, 1.165) is 38.1 Å². The van der Waals surface area contributed by atoms with Crippen molar-refractivity contribution in [2.24, 2.45) is 5.92 Å². The van der Waals surface area contributed by atoms with Crippen molar-refractivity contribution >= 4 is 6.01 Å². The van der Waals surface area contributed by atoms with E-state index >= 15 is 0 Å². The molecule has 1 saturated heterocycles. The van der Waals surface area contributed by atoms with Gasteiger partial charge in [0.2, 0.25) is 5.82 Å². The molecule has 118 valence electrons. The summed E-state index contributed by atoms with van der Waals surface area (Å²) in [4.78, 5) is 6.58. The highest BCUT2D eigenvalue weighted by Crippen LogP contribution is 2.24. The molecule has 1 unspecified atom stereocenters. The number of methoxy groups -OCH3 is 1. The van der Waals surface area contributed by atoms with Gasteiger partial charge in [-0.1, -0.05) is 11.6 Å². The van der Waals surface area contributed by atoms with Crippen LogP contribution in [0.15, 0.2) is 28.8 Å². The average molecular weight is 305 g/mol. The topological polar surface area (TPSA) is 51.4 Å². The number of benzene rings is 1. The molecule has 6 heteroatoms. The Morgan fingerprint density at radius 1 is 1.32 bits per heavy atom. The van der Waals surface area contributed by atoms with E-state index in [-0.39, 0.29) is 5.82 Å². The first-order chi connectivity index (χ1) is 10.8. The lowest BCUT2D eigenvalue weighted by molar-refractivity contribution is 0.151. The fraction of sp³-hybridized carbons (Fsp3) is 0.500. The second-order valence-electron chi connectivity index (χ2n) is 5.67. The molecule has 0 amide bonds. The zero-order valence-corrected chi connectivity index (χ0v) is 12.7. The van der Waals surface area contributed by atoms with E-state index in [1.54, 1.807) is 19.2 Å². The molecular weight excluding hydrogens is 285 g/mol. The molecule has 1 aliphatic rings. The van der Waals surface area contributed by atoms with E-state index < -0.39 is 0 Å². The fourth-order valence-corrected chi connectivity index (χ4v) is 2.84. The lowest BCUT2D eigenvalue weighted by atomic mass is 10.1. The fourth-order valence-electron chi connectivity index (χ4n) is 2.84. The van der Waals surface area contributed by atoms with Gasteiger partial charge >= 0.3 is 6.01 Å². The number of hydrogen-bond acceptors (Lipinski definition) is 5. The third-order valence-electron chi connectivity index (χ3n) is 3.96. The highest BCUT2D eigenvalue weighted by molar-refractivity contribution is 5.55. The first-order valence-electron chi connectivity index (χ1n) is 7.60. The molecular formula is C16H20FN3O2. The zero-order chi connectivity index (χ0) is 15.4. The van der Waals surface area contributed by atoms with Gasteiger partial charge in [-0.2, -0.15) is 4.98 Å². The molecule has 0 spiro atoms. The van der Waals surface area contributed by atoms with Gasteiger partial charge in [0.05, 0.1) is 6.61 Å². The third kappa shape index (κ3) is 3.44. The van der Waals surface area contributed by atoms with Crippen molar-refractivity contribution < 1.29 is 13.7 Å². The number of nitrogens with zero attached hydrogens (tertiary/aromatic N) is 3. The monoisotopic (exact) mass is 305 g/mol. The van der Waals surface area contributed by atoms with Crippen molar-refractivity contribution in [2.75, 3.05) is 31.7 Å². The van der Waals surface area contributed by atoms with Gasteiger partial charge < -0.3 is 14.2 Å². The Morgan fingerprint density at radius 3 is 2.91 bits per heavy atom. The molecule has 0 N–H and O–H groups in total. The summed E-state index contributed by atoms with van der Waals surface area (Å²) < 4.78 is 23.7. The van der Waals surface area contributed by atoms with Crippen LogP contribution in [-0.4, -0.2) is 36.9 Å². The van der Waals surface area contributed by atoms with Gasteiger partial charge in [0.15, 0.2) is 0 Å². The van der Waals surface area contributed by atoms with Gasteiger partial charge in [-0.05, 0) is 43.0 Å². The second-order valence-corrected chi connectivity index (χ2v) is 5.67. The molecule has 0 radical (unpaired) electrons. The summed E-state index contributed by atoms with van der Waals surface area (Å²) in [7, 11) is 1.73. The lowest BCUT2D eigenvalue weighted by Gasteiger charge is -2.21. The summed E-state index contributed by atoms with van der Waals surface area (Å²) in [6, 6.07) is 6.63. The maximum Gasteiger partial charge on any atom is 0.324 e. The molecule has 2 aromatic rings. The first-order valence-corrected chi connectivity index (χ1v) is 7.60. The Labute approximate surface area is 129 Å². The number of anilines is 1. The third-order valence-corrected chi connectivity index (χ3v) is 3.96. The van der Waals surface area contributed by atoms with Gasteiger partial charge in [-0.15, -0.1) is 0 Å². The first kappa shape index (κ1) is 15.0. The molecule has 1 aromatic carbocycles. The molecule has 5 nitrogen and oxygen atoms in total. The Hall–Kier alpha value is -1.95. The normalized spacial score (nSPS) is 19.2. The van der Waals surface area contributed by atoms with Gasteiger partial charge in [-0.3, -0.25) is 0 Å². The number of rotatable bonds is 4. The van der Waals surface area contributed by atoms with Crippen LogP contribution in [0.1, 0.15) is 19.3 Å². The largest absolute Gasteiger partial charge is 0.384 e. The SMILES string of the molecule is COCC1CCCCN(c2nc(-c3ccc(F)cc3)no2)C1. The minimum atomic E-state index is -0.276. The standard InChI is InChI=1S/C16H20FN3O2/c1-21-11-12-4-2-3-9-20(10-12)16-18-15(19-22-16)13-5-7-14(17)8-6-13/h5-8,12H,2-4,9-11H2,1H3. The van der Waals surface area contributed by atoms with Crippen LogP contribution in [0, 0.1) is 11.7 Å². The van der Waals surface area contributed by atoms with Crippen LogP contribution >= 0.6 is 0 Å². The van der Waals surface area contributed by atoms with Gasteiger partial charge in [-0.25, -0.2) is 4.39 Å². The van der Waals surface area contributed by atoms with Crippen LogP contribution in [-0.2, 0) is 4.74 Å². The summed E-state index contributed by atoms with van der Waals surface area (Å²) in [6.45, 7) is 2.51. The Morgan fingerprint density at radius 2 is 2.14 bits per heavy atom. The number of halogens is 1. The van der Waals surface area contributed by atoms with E-state index in [9.17, 15) is 4.39 Å². The van der Waals surface area contributed by atoms with Crippen LogP contribution in [0.2, 0.25) is 0 Å². The van der Waals surface area contributed by atoms with Gasteiger partial charge in [0, 0.05) is 25.8 Å². The van der Waals surface area contributed by atoms with E-state index in [2.05, 4.69) is 15.0 Å². The Bertz CT molecular complexity index is 600. The summed E-state index contributed by atoms with van der Waals surface area (Å²) in [6.07, 6.45) is 3.45. The van der Waals surface area contributed by atoms with E-state index in [1.807, 2.05) is 0 Å². The smallest absolute Gasteiger partial charge is 0.324 e. The highest BCUT2D eigenvalue weighted by atomic mass is 19.1. The highest BCUT2D eigenvalue weighted by Gasteiger charge is 2.22. The van der Waals surface area contributed by atoms with Crippen LogP contribution < -0.4 is 4.90 Å². The summed E-state index contributed by atoms with van der Waals surface area (Å²) >= 11 is 0. The summed E-state index contributed by atoms with van der Waals surface area (Å²) in [5.41, 5.74) is 0.750. The van der Waals surface area contributed by atoms with Crippen molar-refractivity contribution in [1.29, 1.82) is 0 Å². The van der Waals surface area contributed by atoms with Crippen LogP contribution in [0.25, 0.3) is 11.4 Å². The van der Waals surface area contributed by atoms with Crippen LogP contribution in [0.4, 0.5) is 10.4 Å². The maximum absolute atomic E-state index is 13.0. The van der Waals surface area contributed by atoms with E-state index in [1.165, 1.54) is 18.6 Å². The molecule has 22 heavy (non-hydrogen) atoms. The van der Waals surface area contributed by atoms with Gasteiger partial charge in [0.1, 0.15) is 5.82 Å². The minimum Gasteiger partial charge on any atom is -0.384 e. The maximum atomic E-state index is 13.0. The molecule has 1 aromatic heterocycles. The minimum absolute atomic E-state index is 0.276. The molecule has 0 bridgehead atoms. The number of ether oxygens (including phenoxy) is 1. The Balaban J connectivity index is 1.75. The molecule has 1 atom stereocenters. The van der Waals surface area contributed by atoms with Crippen LogP contribution in [0.5, 0.6) is 0 Å². The average Bonchev–Trinajstić information content (AvgIpc) is 2.89. The molecule has 0 aliphatic carbocycles. The molecule has 3 rings (SSSR count). The Kier molecular flexibility index (Phi) is 4.68. The van der Waals surface area contributed by atoms with Gasteiger partial charge in [0.25, 0.3) is 0 Å². The van der Waals surface area contributed by atoms with Crippen LogP contribution in [0.3, 0.4) is 0 Å². The second kappa shape index (κ2) is 6.87. The molecule has 1 fully saturated rings. The van der Waals surface area contributed by atoms with Crippen molar-refractivity contribution in [2.45, 2.75) is 19.3 Å². The van der Waals surface area contributed by atoms with Crippen molar-refractivity contribution in [3.63, 3.8) is 0 Å². The molecule has 1 aliphatic heterocycles. The van der Waals surface area contributed by atoms with E-state index in [0.29, 0.717) is 17.8 Å². The summed E-state index contributed by atoms with van der Waals surface area (Å²) in [5.74, 6) is 0.693. The predicted octanol–water partition coefficient (Wildman–Crippen LogP) is 3.13. The summed E-state index contributed by atoms with van der Waals surface area (Å²) in [5, 5.41) is 4.01. The van der Waals surface area contributed by atoms with E-state index in [4.69, 9.17) is 9.26 Å².